The summed E-state index contributed by atoms with van der Waals surface area (Å²) in [5.41, 5.74) is 0.109. The molecule has 0 bridgehead atoms. The van der Waals surface area contributed by atoms with Crippen molar-refractivity contribution in [2.45, 2.75) is 6.92 Å². The fraction of sp³-hybridized carbons (Fsp3) is 0.250. The number of amides is 1. The third kappa shape index (κ3) is 3.18. The van der Waals surface area contributed by atoms with E-state index in [0.29, 0.717) is 0 Å². The minimum Gasteiger partial charge on any atom is -0.440 e. The van der Waals surface area contributed by atoms with Gasteiger partial charge in [0.25, 0.3) is 0 Å². The summed E-state index contributed by atoms with van der Waals surface area (Å²) in [4.78, 5) is 29.0. The maximum absolute atomic E-state index is 11.2. The van der Waals surface area contributed by atoms with E-state index in [4.69, 9.17) is 0 Å². The molecular formula is C8H9N3O3. The molecule has 0 unspecified atom stereocenters. The Hall–Kier alpha value is -1.98. The van der Waals surface area contributed by atoms with Crippen LogP contribution in [0, 0.1) is 0 Å². The summed E-state index contributed by atoms with van der Waals surface area (Å²) in [6.45, 7) is 1.17. The Bertz CT molecular complexity index is 326. The number of aromatic nitrogens is 2. The fourth-order valence-corrected chi connectivity index (χ4v) is 0.682. The minimum absolute atomic E-state index is 0.109. The predicted octanol–water partition coefficient (Wildman–Crippen LogP) is -0.273. The first kappa shape index (κ1) is 10.1. The molecule has 1 amide bonds. The Morgan fingerprint density at radius 3 is 2.86 bits per heavy atom. The molecule has 0 spiro atoms. The van der Waals surface area contributed by atoms with Gasteiger partial charge >= 0.3 is 5.97 Å². The van der Waals surface area contributed by atoms with Crippen molar-refractivity contribution < 1.29 is 14.3 Å². The van der Waals surface area contributed by atoms with Crippen LogP contribution in [0.2, 0.25) is 0 Å². The number of esters is 1. The van der Waals surface area contributed by atoms with E-state index in [1.165, 1.54) is 25.5 Å². The van der Waals surface area contributed by atoms with Crippen LogP contribution < -0.4 is 5.32 Å². The van der Waals surface area contributed by atoms with Gasteiger partial charge < -0.3 is 10.1 Å². The van der Waals surface area contributed by atoms with E-state index >= 15 is 0 Å². The highest BCUT2D eigenvalue weighted by Crippen LogP contribution is 1.92. The molecule has 0 saturated heterocycles. The first-order valence-electron chi connectivity index (χ1n) is 3.87. The zero-order valence-electron chi connectivity index (χ0n) is 7.56. The van der Waals surface area contributed by atoms with Crippen molar-refractivity contribution >= 4 is 11.9 Å². The van der Waals surface area contributed by atoms with Gasteiger partial charge in [0.05, 0.1) is 6.20 Å². The quantitative estimate of drug-likeness (QED) is 0.530. The van der Waals surface area contributed by atoms with Crippen molar-refractivity contribution in [3.8, 4) is 0 Å². The highest BCUT2D eigenvalue weighted by molar-refractivity contribution is 5.86. The minimum atomic E-state index is -0.619. The molecule has 0 radical (unpaired) electrons. The SMILES string of the molecule is CC(=O)NCOC(=O)c1cnccn1. The maximum atomic E-state index is 11.2. The molecule has 6 nitrogen and oxygen atoms in total. The smallest absolute Gasteiger partial charge is 0.360 e. The van der Waals surface area contributed by atoms with Crippen molar-refractivity contribution in [1.29, 1.82) is 0 Å². The number of hydrogen-bond acceptors (Lipinski definition) is 5. The molecule has 6 heteroatoms. The summed E-state index contributed by atoms with van der Waals surface area (Å²) in [5.74, 6) is -0.885. The molecule has 0 aromatic carbocycles. The predicted molar refractivity (Wildman–Crippen MR) is 46.1 cm³/mol. The summed E-state index contributed by atoms with van der Waals surface area (Å²) >= 11 is 0. The maximum Gasteiger partial charge on any atom is 0.360 e. The van der Waals surface area contributed by atoms with Crippen LogP contribution in [0.15, 0.2) is 18.6 Å². The Morgan fingerprint density at radius 2 is 2.29 bits per heavy atom. The van der Waals surface area contributed by atoms with Crippen LogP contribution in [0.3, 0.4) is 0 Å². The van der Waals surface area contributed by atoms with E-state index in [1.807, 2.05) is 0 Å². The third-order valence-corrected chi connectivity index (χ3v) is 1.30. The van der Waals surface area contributed by atoms with Crippen molar-refractivity contribution in [2.75, 3.05) is 6.73 Å². The Balaban J connectivity index is 2.40. The summed E-state index contributed by atoms with van der Waals surface area (Å²) in [7, 11) is 0. The molecule has 0 saturated carbocycles. The van der Waals surface area contributed by atoms with Gasteiger partial charge in [-0.05, 0) is 0 Å². The molecule has 1 aromatic heterocycles. The lowest BCUT2D eigenvalue weighted by atomic mass is 10.5. The third-order valence-electron chi connectivity index (χ3n) is 1.30. The average molecular weight is 195 g/mol. The van der Waals surface area contributed by atoms with Gasteiger partial charge in [-0.1, -0.05) is 0 Å². The summed E-state index contributed by atoms with van der Waals surface area (Å²) in [5, 5.41) is 2.32. The number of nitrogens with one attached hydrogen (secondary N) is 1. The van der Waals surface area contributed by atoms with Crippen LogP contribution in [0.1, 0.15) is 17.4 Å². The largest absolute Gasteiger partial charge is 0.440 e. The van der Waals surface area contributed by atoms with Gasteiger partial charge in [-0.2, -0.15) is 0 Å². The number of rotatable bonds is 3. The Kier molecular flexibility index (Phi) is 3.54. The first-order valence-corrected chi connectivity index (χ1v) is 3.87. The van der Waals surface area contributed by atoms with Crippen molar-refractivity contribution in [3.63, 3.8) is 0 Å². The number of hydrogen-bond donors (Lipinski definition) is 1. The lowest BCUT2D eigenvalue weighted by molar-refractivity contribution is -0.120. The lowest BCUT2D eigenvalue weighted by Gasteiger charge is -2.03. The van der Waals surface area contributed by atoms with Crippen LogP contribution in [0.4, 0.5) is 0 Å². The Morgan fingerprint density at radius 1 is 1.50 bits per heavy atom. The van der Waals surface area contributed by atoms with Gasteiger partial charge in [0.2, 0.25) is 5.91 Å². The van der Waals surface area contributed by atoms with Crippen molar-refractivity contribution in [1.82, 2.24) is 15.3 Å². The molecule has 1 N–H and O–H groups in total. The zero-order valence-corrected chi connectivity index (χ0v) is 7.56. The van der Waals surface area contributed by atoms with Gasteiger partial charge in [0, 0.05) is 19.3 Å². The molecule has 0 aliphatic heterocycles. The van der Waals surface area contributed by atoms with E-state index in [0.717, 1.165) is 0 Å². The highest BCUT2D eigenvalue weighted by Gasteiger charge is 2.07. The van der Waals surface area contributed by atoms with Gasteiger partial charge in [-0.3, -0.25) is 9.78 Å². The normalized spacial score (nSPS) is 9.21. The molecule has 74 valence electrons. The second kappa shape index (κ2) is 4.90. The molecule has 1 aromatic rings. The van der Waals surface area contributed by atoms with E-state index in [9.17, 15) is 9.59 Å². The van der Waals surface area contributed by atoms with Crippen LogP contribution in [0.5, 0.6) is 0 Å². The molecular weight excluding hydrogens is 186 g/mol. The summed E-state index contributed by atoms with van der Waals surface area (Å²) in [6, 6.07) is 0. The van der Waals surface area contributed by atoms with Gasteiger partial charge in [0.1, 0.15) is 0 Å². The monoisotopic (exact) mass is 195 g/mol. The molecule has 0 aliphatic carbocycles. The number of nitrogens with zero attached hydrogens (tertiary/aromatic N) is 2. The zero-order chi connectivity index (χ0) is 10.4. The molecule has 0 atom stereocenters. The van der Waals surface area contributed by atoms with Gasteiger partial charge in [-0.15, -0.1) is 0 Å². The second-order valence-corrected chi connectivity index (χ2v) is 2.40. The van der Waals surface area contributed by atoms with Gasteiger partial charge in [-0.25, -0.2) is 9.78 Å². The number of ether oxygens (including phenoxy) is 1. The van der Waals surface area contributed by atoms with E-state index in [2.05, 4.69) is 20.0 Å². The molecule has 1 heterocycles. The first-order chi connectivity index (χ1) is 6.70. The number of carbonyl (C=O) groups excluding carboxylic acids is 2. The van der Waals surface area contributed by atoms with Crippen LogP contribution in [-0.4, -0.2) is 28.6 Å². The van der Waals surface area contributed by atoms with E-state index in [-0.39, 0.29) is 18.3 Å². The molecule has 0 fully saturated rings. The topological polar surface area (TPSA) is 81.2 Å². The standard InChI is InChI=1S/C8H9N3O3/c1-6(12)11-5-14-8(13)7-4-9-2-3-10-7/h2-4H,5H2,1H3,(H,11,12). The summed E-state index contributed by atoms with van der Waals surface area (Å²) < 4.78 is 4.67. The Labute approximate surface area is 80.3 Å². The van der Waals surface area contributed by atoms with Crippen molar-refractivity contribution in [3.05, 3.63) is 24.3 Å². The van der Waals surface area contributed by atoms with Crippen molar-refractivity contribution in [2.24, 2.45) is 0 Å². The van der Waals surface area contributed by atoms with E-state index < -0.39 is 5.97 Å². The van der Waals surface area contributed by atoms with Crippen LogP contribution in [-0.2, 0) is 9.53 Å². The summed E-state index contributed by atoms with van der Waals surface area (Å²) in [6.07, 6.45) is 4.12. The van der Waals surface area contributed by atoms with E-state index in [1.54, 1.807) is 0 Å². The molecule has 0 aliphatic rings. The van der Waals surface area contributed by atoms with Crippen LogP contribution in [0.25, 0.3) is 0 Å². The highest BCUT2D eigenvalue weighted by atomic mass is 16.5. The second-order valence-electron chi connectivity index (χ2n) is 2.40. The fourth-order valence-electron chi connectivity index (χ4n) is 0.682. The van der Waals surface area contributed by atoms with Gasteiger partial charge in [0.15, 0.2) is 12.4 Å². The number of carbonyl (C=O) groups is 2. The molecule has 1 rings (SSSR count). The van der Waals surface area contributed by atoms with Crippen LogP contribution >= 0.6 is 0 Å². The molecule has 14 heavy (non-hydrogen) atoms. The average Bonchev–Trinajstić information content (AvgIpc) is 2.18. The lowest BCUT2D eigenvalue weighted by Crippen LogP contribution is -2.25.